The first-order valence-electron chi connectivity index (χ1n) is 4.92. The number of ether oxygens (including phenoxy) is 1. The molecule has 16 heavy (non-hydrogen) atoms. The number of anilines is 1. The molecule has 5 heteroatoms. The molecule has 1 unspecified atom stereocenters. The Balaban J connectivity index is 2.44. The van der Waals surface area contributed by atoms with E-state index in [9.17, 15) is 13.2 Å². The van der Waals surface area contributed by atoms with Crippen molar-refractivity contribution in [3.63, 3.8) is 0 Å². The van der Waals surface area contributed by atoms with Gasteiger partial charge in [0.1, 0.15) is 0 Å². The summed E-state index contributed by atoms with van der Waals surface area (Å²) in [7, 11) is 0. The third-order valence-corrected chi connectivity index (χ3v) is 2.13. The van der Waals surface area contributed by atoms with Crippen LogP contribution in [0.2, 0.25) is 0 Å². The minimum atomic E-state index is -4.17. The topological polar surface area (TPSA) is 35.2 Å². The summed E-state index contributed by atoms with van der Waals surface area (Å²) in [5.41, 5.74) is 6.91. The molecule has 0 spiro atoms. The first-order chi connectivity index (χ1) is 7.38. The Morgan fingerprint density at radius 1 is 1.38 bits per heavy atom. The van der Waals surface area contributed by atoms with Crippen molar-refractivity contribution < 1.29 is 17.9 Å². The van der Waals surface area contributed by atoms with Crippen LogP contribution >= 0.6 is 0 Å². The second kappa shape index (κ2) is 5.21. The summed E-state index contributed by atoms with van der Waals surface area (Å²) in [4.78, 5) is 0. The summed E-state index contributed by atoms with van der Waals surface area (Å²) >= 11 is 0. The summed E-state index contributed by atoms with van der Waals surface area (Å²) in [6.07, 6.45) is -5.49. The number of nitrogen functional groups attached to an aromatic ring is 1. The summed E-state index contributed by atoms with van der Waals surface area (Å²) in [6.45, 7) is 1.37. The largest absolute Gasteiger partial charge is 0.399 e. The van der Waals surface area contributed by atoms with Crippen molar-refractivity contribution in [1.29, 1.82) is 0 Å². The van der Waals surface area contributed by atoms with Gasteiger partial charge < -0.3 is 10.5 Å². The Kier molecular flexibility index (Phi) is 4.18. The SMILES string of the molecule is CC(OCCC(F)(F)F)c1cccc(N)c1. The van der Waals surface area contributed by atoms with Crippen LogP contribution in [0, 0.1) is 0 Å². The van der Waals surface area contributed by atoms with Crippen LogP contribution in [0.25, 0.3) is 0 Å². The third kappa shape index (κ3) is 4.53. The van der Waals surface area contributed by atoms with E-state index in [1.54, 1.807) is 31.2 Å². The summed E-state index contributed by atoms with van der Waals surface area (Å²) < 4.78 is 40.7. The molecule has 2 N–H and O–H groups in total. The lowest BCUT2D eigenvalue weighted by Crippen LogP contribution is -2.13. The quantitative estimate of drug-likeness (QED) is 0.810. The molecule has 0 aliphatic carbocycles. The van der Waals surface area contributed by atoms with Crippen molar-refractivity contribution in [3.8, 4) is 0 Å². The minimum Gasteiger partial charge on any atom is -0.399 e. The fourth-order valence-electron chi connectivity index (χ4n) is 1.26. The van der Waals surface area contributed by atoms with Crippen molar-refractivity contribution in [3.05, 3.63) is 29.8 Å². The molecule has 1 aromatic carbocycles. The van der Waals surface area contributed by atoms with E-state index in [0.29, 0.717) is 5.69 Å². The van der Waals surface area contributed by atoms with Crippen molar-refractivity contribution in [2.75, 3.05) is 12.3 Å². The van der Waals surface area contributed by atoms with E-state index in [2.05, 4.69) is 0 Å². The molecule has 0 amide bonds. The van der Waals surface area contributed by atoms with Gasteiger partial charge in [0, 0.05) is 5.69 Å². The molecule has 0 saturated carbocycles. The highest BCUT2D eigenvalue weighted by molar-refractivity contribution is 5.41. The van der Waals surface area contributed by atoms with Gasteiger partial charge in [0.15, 0.2) is 0 Å². The van der Waals surface area contributed by atoms with Gasteiger partial charge in [-0.3, -0.25) is 0 Å². The van der Waals surface area contributed by atoms with Crippen LogP contribution in [0.3, 0.4) is 0 Å². The zero-order chi connectivity index (χ0) is 12.2. The van der Waals surface area contributed by atoms with Crippen molar-refractivity contribution in [1.82, 2.24) is 0 Å². The molecule has 0 aliphatic heterocycles. The lowest BCUT2D eigenvalue weighted by atomic mass is 10.1. The van der Waals surface area contributed by atoms with Gasteiger partial charge in [-0.05, 0) is 24.6 Å². The van der Waals surface area contributed by atoms with Crippen LogP contribution in [0.15, 0.2) is 24.3 Å². The summed E-state index contributed by atoms with van der Waals surface area (Å²) in [5.74, 6) is 0. The molecule has 0 aliphatic rings. The van der Waals surface area contributed by atoms with Gasteiger partial charge in [-0.25, -0.2) is 0 Å². The predicted molar refractivity (Wildman–Crippen MR) is 55.9 cm³/mol. The van der Waals surface area contributed by atoms with E-state index in [0.717, 1.165) is 5.56 Å². The molecule has 0 aromatic heterocycles. The smallest absolute Gasteiger partial charge is 0.391 e. The fraction of sp³-hybridized carbons (Fsp3) is 0.455. The molecule has 0 heterocycles. The second-order valence-electron chi connectivity index (χ2n) is 3.55. The molecule has 90 valence electrons. The van der Waals surface area contributed by atoms with Gasteiger partial charge in [-0.2, -0.15) is 13.2 Å². The molecule has 1 rings (SSSR count). The average Bonchev–Trinajstić information content (AvgIpc) is 2.15. The molecule has 1 atom stereocenters. The van der Waals surface area contributed by atoms with Crippen molar-refractivity contribution in [2.45, 2.75) is 25.6 Å². The van der Waals surface area contributed by atoms with Crippen LogP contribution in [-0.2, 0) is 4.74 Å². The number of rotatable bonds is 4. The summed E-state index contributed by atoms with van der Waals surface area (Å²) in [6, 6.07) is 6.92. The molecule has 2 nitrogen and oxygen atoms in total. The molecular weight excluding hydrogens is 219 g/mol. The predicted octanol–water partition coefficient (Wildman–Crippen LogP) is 3.30. The number of hydrogen-bond donors (Lipinski definition) is 1. The lowest BCUT2D eigenvalue weighted by molar-refractivity contribution is -0.148. The average molecular weight is 233 g/mol. The lowest BCUT2D eigenvalue weighted by Gasteiger charge is -2.14. The molecular formula is C11H14F3NO. The Bertz CT molecular complexity index is 338. The van der Waals surface area contributed by atoms with Gasteiger partial charge in [-0.15, -0.1) is 0 Å². The number of hydrogen-bond acceptors (Lipinski definition) is 2. The monoisotopic (exact) mass is 233 g/mol. The van der Waals surface area contributed by atoms with Gasteiger partial charge in [0.05, 0.1) is 19.1 Å². The van der Waals surface area contributed by atoms with Crippen LogP contribution in [0.5, 0.6) is 0 Å². The minimum absolute atomic E-state index is 0.334. The van der Waals surface area contributed by atoms with Crippen molar-refractivity contribution in [2.24, 2.45) is 0 Å². The van der Waals surface area contributed by atoms with E-state index in [1.165, 1.54) is 0 Å². The van der Waals surface area contributed by atoms with E-state index < -0.39 is 12.6 Å². The van der Waals surface area contributed by atoms with E-state index >= 15 is 0 Å². The number of halogens is 3. The number of benzene rings is 1. The Hall–Kier alpha value is -1.23. The highest BCUT2D eigenvalue weighted by Gasteiger charge is 2.26. The second-order valence-corrected chi connectivity index (χ2v) is 3.55. The van der Waals surface area contributed by atoms with Gasteiger partial charge in [0.25, 0.3) is 0 Å². The van der Waals surface area contributed by atoms with Gasteiger partial charge >= 0.3 is 6.18 Å². The van der Waals surface area contributed by atoms with E-state index in [1.807, 2.05) is 0 Å². The maximum atomic E-state index is 11.9. The van der Waals surface area contributed by atoms with E-state index in [-0.39, 0.29) is 12.7 Å². The molecule has 0 bridgehead atoms. The summed E-state index contributed by atoms with van der Waals surface area (Å²) in [5, 5.41) is 0. The highest BCUT2D eigenvalue weighted by atomic mass is 19.4. The van der Waals surface area contributed by atoms with Crippen LogP contribution in [0.1, 0.15) is 25.0 Å². The van der Waals surface area contributed by atoms with Crippen LogP contribution in [0.4, 0.5) is 18.9 Å². The molecule has 0 saturated heterocycles. The highest BCUT2D eigenvalue weighted by Crippen LogP contribution is 2.23. The fourth-order valence-corrected chi connectivity index (χ4v) is 1.26. The normalized spacial score (nSPS) is 13.8. The maximum absolute atomic E-state index is 11.9. The first-order valence-corrected chi connectivity index (χ1v) is 4.92. The van der Waals surface area contributed by atoms with Gasteiger partial charge in [0.2, 0.25) is 0 Å². The van der Waals surface area contributed by atoms with Crippen LogP contribution in [-0.4, -0.2) is 12.8 Å². The Morgan fingerprint density at radius 2 is 2.06 bits per heavy atom. The van der Waals surface area contributed by atoms with Crippen LogP contribution < -0.4 is 5.73 Å². The van der Waals surface area contributed by atoms with E-state index in [4.69, 9.17) is 10.5 Å². The number of nitrogens with two attached hydrogens (primary N) is 1. The molecule has 0 radical (unpaired) electrons. The van der Waals surface area contributed by atoms with Gasteiger partial charge in [-0.1, -0.05) is 12.1 Å². The zero-order valence-electron chi connectivity index (χ0n) is 8.92. The molecule has 0 fully saturated rings. The maximum Gasteiger partial charge on any atom is 0.391 e. The Labute approximate surface area is 92.2 Å². The zero-order valence-corrected chi connectivity index (χ0v) is 8.92. The standard InChI is InChI=1S/C11H14F3NO/c1-8(16-6-5-11(12,13)14)9-3-2-4-10(15)7-9/h2-4,7-8H,5-6,15H2,1H3. The molecule has 1 aromatic rings. The first kappa shape index (κ1) is 12.8. The third-order valence-electron chi connectivity index (χ3n) is 2.13. The number of alkyl halides is 3. The Morgan fingerprint density at radius 3 is 2.62 bits per heavy atom. The van der Waals surface area contributed by atoms with Crippen molar-refractivity contribution >= 4 is 5.69 Å².